The summed E-state index contributed by atoms with van der Waals surface area (Å²) in [7, 11) is 0. The average Bonchev–Trinajstić information content (AvgIpc) is 3.22. The number of ketones is 1. The van der Waals surface area contributed by atoms with Gasteiger partial charge in [-0.3, -0.25) is 19.1 Å². The fraction of sp³-hybridized carbons (Fsp3) is 0.538. The van der Waals surface area contributed by atoms with Crippen LogP contribution >= 0.6 is 34.8 Å². The van der Waals surface area contributed by atoms with Crippen LogP contribution in [0.3, 0.4) is 0 Å². The van der Waals surface area contributed by atoms with Gasteiger partial charge in [0.2, 0.25) is 0 Å². The predicted molar refractivity (Wildman–Crippen MR) is 142 cm³/mol. The van der Waals surface area contributed by atoms with Crippen molar-refractivity contribution in [2.75, 3.05) is 13.1 Å². The zero-order valence-electron chi connectivity index (χ0n) is 21.8. The summed E-state index contributed by atoms with van der Waals surface area (Å²) in [4.78, 5) is 39.4. The highest BCUT2D eigenvalue weighted by Gasteiger charge is 2.45. The summed E-state index contributed by atoms with van der Waals surface area (Å²) >= 11 is 18.2. The van der Waals surface area contributed by atoms with Crippen LogP contribution in [-0.4, -0.2) is 50.5 Å². The maximum atomic E-state index is 14.4. The molecule has 0 saturated heterocycles. The van der Waals surface area contributed by atoms with Gasteiger partial charge in [0.25, 0.3) is 5.91 Å². The lowest BCUT2D eigenvalue weighted by Crippen LogP contribution is -2.42. The third kappa shape index (κ3) is 7.08. The van der Waals surface area contributed by atoms with Crippen molar-refractivity contribution in [1.29, 1.82) is 0 Å². The van der Waals surface area contributed by atoms with Crippen LogP contribution in [0.4, 0.5) is 13.2 Å². The first-order valence-electron chi connectivity index (χ1n) is 12.2. The molecule has 39 heavy (non-hydrogen) atoms. The molecule has 7 nitrogen and oxygen atoms in total. The molecule has 2 aromatic rings. The fourth-order valence-corrected chi connectivity index (χ4v) is 5.81. The van der Waals surface area contributed by atoms with Gasteiger partial charge in [-0.25, -0.2) is 0 Å². The molecule has 1 fully saturated rings. The molecule has 0 spiro atoms. The molecule has 13 heteroatoms. The van der Waals surface area contributed by atoms with Crippen LogP contribution in [0.5, 0.6) is 0 Å². The van der Waals surface area contributed by atoms with Crippen molar-refractivity contribution < 1.29 is 32.7 Å². The Balaban J connectivity index is 1.99. The third-order valence-electron chi connectivity index (χ3n) is 6.79. The number of hydrogen-bond donors (Lipinski definition) is 1. The number of halogens is 6. The molecule has 1 saturated carbocycles. The van der Waals surface area contributed by atoms with Gasteiger partial charge in [-0.2, -0.15) is 18.3 Å². The molecular weight excluding hydrogens is 582 g/mol. The van der Waals surface area contributed by atoms with Crippen molar-refractivity contribution >= 4 is 52.5 Å². The summed E-state index contributed by atoms with van der Waals surface area (Å²) < 4.78 is 43.9. The first-order valence-corrected chi connectivity index (χ1v) is 13.3. The van der Waals surface area contributed by atoms with E-state index in [4.69, 9.17) is 34.8 Å². The van der Waals surface area contributed by atoms with Gasteiger partial charge in [-0.15, -0.1) is 0 Å². The van der Waals surface area contributed by atoms with E-state index in [1.54, 1.807) is 27.7 Å². The topological polar surface area (TPSA) is 92.5 Å². The summed E-state index contributed by atoms with van der Waals surface area (Å²) in [5.41, 5.74) is -3.63. The number of alkyl halides is 3. The molecule has 0 unspecified atom stereocenters. The van der Waals surface area contributed by atoms with Crippen molar-refractivity contribution in [2.24, 2.45) is 10.8 Å². The first-order chi connectivity index (χ1) is 17.8. The fourth-order valence-electron chi connectivity index (χ4n) is 4.78. The van der Waals surface area contributed by atoms with Crippen LogP contribution in [0, 0.1) is 10.8 Å². The summed E-state index contributed by atoms with van der Waals surface area (Å²) in [5, 5.41) is 13.5. The Bertz CT molecular complexity index is 1260. The summed E-state index contributed by atoms with van der Waals surface area (Å²) in [6.45, 7) is 6.25. The first kappa shape index (κ1) is 31.2. The second kappa shape index (κ2) is 11.3. The van der Waals surface area contributed by atoms with Crippen LogP contribution in [0.1, 0.15) is 85.8 Å². The van der Waals surface area contributed by atoms with Crippen molar-refractivity contribution in [3.63, 3.8) is 0 Å². The second-order valence-electron chi connectivity index (χ2n) is 11.3. The van der Waals surface area contributed by atoms with Crippen LogP contribution in [-0.2, 0) is 11.0 Å². The van der Waals surface area contributed by atoms with Gasteiger partial charge >= 0.3 is 12.1 Å². The van der Waals surface area contributed by atoms with Crippen molar-refractivity contribution in [2.45, 2.75) is 65.6 Å². The Kier molecular flexibility index (Phi) is 9.04. The summed E-state index contributed by atoms with van der Waals surface area (Å²) in [6, 6.07) is 1.88. The molecular formula is C26H29Cl3F3N3O4. The van der Waals surface area contributed by atoms with Crippen LogP contribution in [0.15, 0.2) is 18.3 Å². The monoisotopic (exact) mass is 609 g/mol. The van der Waals surface area contributed by atoms with Gasteiger partial charge < -0.3 is 10.0 Å². The maximum Gasteiger partial charge on any atom is 0.433 e. The zero-order valence-corrected chi connectivity index (χ0v) is 24.1. The van der Waals surface area contributed by atoms with Gasteiger partial charge in [-0.1, -0.05) is 55.6 Å². The molecule has 3 rings (SSSR count). The van der Waals surface area contributed by atoms with Crippen molar-refractivity contribution in [3.8, 4) is 0 Å². The summed E-state index contributed by atoms with van der Waals surface area (Å²) in [5.74, 6) is -2.69. The molecule has 0 atom stereocenters. The number of carboxylic acids is 1. The Morgan fingerprint density at radius 2 is 1.64 bits per heavy atom. The van der Waals surface area contributed by atoms with Crippen LogP contribution in [0.25, 0.3) is 0 Å². The maximum absolute atomic E-state index is 14.4. The minimum absolute atomic E-state index is 0.0462. The largest absolute Gasteiger partial charge is 0.481 e. The normalized spacial score (nSPS) is 20.1. The summed E-state index contributed by atoms with van der Waals surface area (Å²) in [6.07, 6.45) is -3.44. The predicted octanol–water partition coefficient (Wildman–Crippen LogP) is 7.44. The highest BCUT2D eigenvalue weighted by Crippen LogP contribution is 2.43. The smallest absolute Gasteiger partial charge is 0.433 e. The van der Waals surface area contributed by atoms with E-state index >= 15 is 0 Å². The third-order valence-corrected chi connectivity index (χ3v) is 7.60. The Hall–Kier alpha value is -2.30. The number of aliphatic carboxylic acids is 1. The number of carbonyl (C=O) groups is 3. The average molecular weight is 611 g/mol. The molecule has 0 bridgehead atoms. The van der Waals surface area contributed by atoms with E-state index < -0.39 is 58.5 Å². The number of carboxylic acid groups (broad SMARTS) is 1. The molecule has 1 aromatic heterocycles. The molecule has 1 heterocycles. The zero-order chi connectivity index (χ0) is 29.5. The lowest BCUT2D eigenvalue weighted by Gasteiger charge is -2.34. The van der Waals surface area contributed by atoms with Crippen molar-refractivity contribution in [3.05, 3.63) is 50.2 Å². The molecule has 1 amide bonds. The Morgan fingerprint density at radius 1 is 1.10 bits per heavy atom. The minimum Gasteiger partial charge on any atom is -0.481 e. The molecule has 0 radical (unpaired) electrons. The molecule has 1 N–H and O–H groups in total. The van der Waals surface area contributed by atoms with Gasteiger partial charge in [0.1, 0.15) is 0 Å². The molecule has 214 valence electrons. The minimum atomic E-state index is -4.94. The lowest BCUT2D eigenvalue weighted by molar-refractivity contribution is -0.152. The van der Waals surface area contributed by atoms with E-state index in [-0.39, 0.29) is 52.9 Å². The van der Waals surface area contributed by atoms with E-state index in [2.05, 4.69) is 5.10 Å². The van der Waals surface area contributed by atoms with E-state index in [9.17, 15) is 32.7 Å². The molecule has 0 aliphatic heterocycles. The number of Topliss-reactive ketones (excluding diaryl/α,β-unsaturated/α-hetero) is 1. The Morgan fingerprint density at radius 3 is 2.10 bits per heavy atom. The molecule has 1 aliphatic carbocycles. The number of rotatable bonds is 7. The van der Waals surface area contributed by atoms with Gasteiger partial charge in [-0.05, 0) is 50.2 Å². The van der Waals surface area contributed by atoms with Gasteiger partial charge in [0.05, 0.1) is 45.4 Å². The number of aromatic nitrogens is 2. The number of benzene rings is 1. The molecule has 1 aromatic carbocycles. The second-order valence-corrected chi connectivity index (χ2v) is 12.6. The quantitative estimate of drug-likeness (QED) is 0.329. The van der Waals surface area contributed by atoms with Gasteiger partial charge in [0, 0.05) is 11.6 Å². The van der Waals surface area contributed by atoms with E-state index in [0.29, 0.717) is 0 Å². The van der Waals surface area contributed by atoms with Crippen LogP contribution in [0.2, 0.25) is 15.1 Å². The highest BCUT2D eigenvalue weighted by molar-refractivity contribution is 6.42. The highest BCUT2D eigenvalue weighted by atomic mass is 35.5. The standard InChI is InChI=1S/C26H29Cl3F3N3O4/c1-24(2,3)13-34(12-19(36)20-17(28)9-14(27)10-18(20)29)22(37)16-11-33-35(21(16)26(30,31)32)15-5-7-25(4,8-6-15)23(38)39/h9-11,15H,5-8,12-13H2,1-4H3,(H,38,39). The SMILES string of the molecule is CC(C)(C)CN(CC(=O)c1c(Cl)cc(Cl)cc1Cl)C(=O)c1cnn(C2CCC(C)(C(=O)O)CC2)c1C(F)(F)F. The number of carbonyl (C=O) groups excluding carboxylic acids is 2. The van der Waals surface area contributed by atoms with E-state index in [0.717, 1.165) is 15.8 Å². The Labute approximate surface area is 239 Å². The van der Waals surface area contributed by atoms with Crippen LogP contribution < -0.4 is 0 Å². The number of amides is 1. The van der Waals surface area contributed by atoms with E-state index in [1.807, 2.05) is 0 Å². The number of nitrogens with zero attached hydrogens (tertiary/aromatic N) is 3. The number of hydrogen-bond acceptors (Lipinski definition) is 4. The molecule has 1 aliphatic rings. The lowest BCUT2D eigenvalue weighted by atomic mass is 9.74. The van der Waals surface area contributed by atoms with Crippen molar-refractivity contribution in [1.82, 2.24) is 14.7 Å². The van der Waals surface area contributed by atoms with E-state index in [1.165, 1.54) is 12.1 Å². The van der Waals surface area contributed by atoms with Gasteiger partial charge in [0.15, 0.2) is 11.5 Å².